The Bertz CT molecular complexity index is 549. The normalized spacial score (nSPS) is 10.3. The molecule has 0 bridgehead atoms. The van der Waals surface area contributed by atoms with Crippen molar-refractivity contribution >= 4 is 11.6 Å². The van der Waals surface area contributed by atoms with Gasteiger partial charge in [0.1, 0.15) is 12.1 Å². The second kappa shape index (κ2) is 5.31. The summed E-state index contributed by atoms with van der Waals surface area (Å²) in [6, 6.07) is 8.39. The second-order valence-corrected chi connectivity index (χ2v) is 4.53. The summed E-state index contributed by atoms with van der Waals surface area (Å²) in [6.07, 6.45) is 0. The molecule has 0 aliphatic heterocycles. The molecule has 0 saturated carbocycles. The molecule has 0 heterocycles. The topological polar surface area (TPSA) is 103 Å². The number of hydrogen-bond donors (Lipinski definition) is 2. The van der Waals surface area contributed by atoms with Gasteiger partial charge in [0, 0.05) is 12.2 Å². The molecule has 0 unspecified atom stereocenters. The molecule has 0 radical (unpaired) electrons. The van der Waals surface area contributed by atoms with E-state index in [4.69, 9.17) is 16.3 Å². The van der Waals surface area contributed by atoms with Gasteiger partial charge in [0.15, 0.2) is 0 Å². The van der Waals surface area contributed by atoms with Crippen molar-refractivity contribution in [3.8, 4) is 12.1 Å². The van der Waals surface area contributed by atoms with Gasteiger partial charge < -0.3 is 11.1 Å². The van der Waals surface area contributed by atoms with E-state index >= 15 is 0 Å². The SMILES string of the molecule is CC(C)(CN)C(=O)Nc1ccc(C#N)c(C#N)c1. The van der Waals surface area contributed by atoms with Gasteiger partial charge in [-0.15, -0.1) is 0 Å². The standard InChI is InChI=1S/C13H14N4O/c1-13(2,8-16)12(18)17-11-4-3-9(6-14)10(5-11)7-15/h3-5H,8,16H2,1-2H3,(H,17,18). The Kier molecular flexibility index (Phi) is 4.04. The van der Waals surface area contributed by atoms with Gasteiger partial charge in [-0.2, -0.15) is 10.5 Å². The van der Waals surface area contributed by atoms with Crippen molar-refractivity contribution in [2.45, 2.75) is 13.8 Å². The molecule has 1 aromatic rings. The quantitative estimate of drug-likeness (QED) is 0.835. The van der Waals surface area contributed by atoms with Gasteiger partial charge in [0.05, 0.1) is 16.5 Å². The number of nitrogens with two attached hydrogens (primary N) is 1. The number of carbonyl (C=O) groups excluding carboxylic acids is 1. The lowest BCUT2D eigenvalue weighted by molar-refractivity contribution is -0.123. The molecular formula is C13H14N4O. The van der Waals surface area contributed by atoms with E-state index in [0.717, 1.165) is 0 Å². The molecule has 0 aromatic heterocycles. The molecule has 5 nitrogen and oxygen atoms in total. The van der Waals surface area contributed by atoms with Crippen LogP contribution < -0.4 is 11.1 Å². The summed E-state index contributed by atoms with van der Waals surface area (Å²) in [5, 5.41) is 20.3. The maximum atomic E-state index is 11.9. The molecule has 0 aliphatic rings. The first-order valence-electron chi connectivity index (χ1n) is 5.40. The van der Waals surface area contributed by atoms with Gasteiger partial charge in [0.25, 0.3) is 0 Å². The summed E-state index contributed by atoms with van der Waals surface area (Å²) in [6.45, 7) is 3.69. The van der Waals surface area contributed by atoms with E-state index in [9.17, 15) is 4.79 Å². The Morgan fingerprint density at radius 2 is 1.94 bits per heavy atom. The number of hydrogen-bond acceptors (Lipinski definition) is 4. The third-order valence-electron chi connectivity index (χ3n) is 2.64. The van der Waals surface area contributed by atoms with Crippen molar-refractivity contribution in [1.82, 2.24) is 0 Å². The molecule has 0 spiro atoms. The van der Waals surface area contributed by atoms with Crippen LogP contribution in [0.4, 0.5) is 5.69 Å². The first-order valence-corrected chi connectivity index (χ1v) is 5.40. The van der Waals surface area contributed by atoms with Crippen molar-refractivity contribution in [1.29, 1.82) is 10.5 Å². The minimum Gasteiger partial charge on any atom is -0.329 e. The number of anilines is 1. The fourth-order valence-electron chi connectivity index (χ4n) is 1.20. The maximum absolute atomic E-state index is 11.9. The van der Waals surface area contributed by atoms with Crippen molar-refractivity contribution in [2.24, 2.45) is 11.1 Å². The van der Waals surface area contributed by atoms with Crippen LogP contribution in [0.25, 0.3) is 0 Å². The summed E-state index contributed by atoms with van der Waals surface area (Å²) in [4.78, 5) is 11.9. The fourth-order valence-corrected chi connectivity index (χ4v) is 1.20. The number of nitrogens with one attached hydrogen (secondary N) is 1. The highest BCUT2D eigenvalue weighted by molar-refractivity contribution is 5.95. The highest BCUT2D eigenvalue weighted by atomic mass is 16.2. The van der Waals surface area contributed by atoms with Crippen LogP contribution >= 0.6 is 0 Å². The minimum atomic E-state index is -0.680. The summed E-state index contributed by atoms with van der Waals surface area (Å²) < 4.78 is 0. The molecule has 0 saturated heterocycles. The molecule has 0 atom stereocenters. The van der Waals surface area contributed by atoms with Gasteiger partial charge in [-0.25, -0.2) is 0 Å². The van der Waals surface area contributed by atoms with Gasteiger partial charge in [0.2, 0.25) is 5.91 Å². The van der Waals surface area contributed by atoms with Crippen LogP contribution in [0.2, 0.25) is 0 Å². The summed E-state index contributed by atoms with van der Waals surface area (Å²) >= 11 is 0. The minimum absolute atomic E-state index is 0.222. The van der Waals surface area contributed by atoms with Crippen LogP contribution in [0.3, 0.4) is 0 Å². The van der Waals surface area contributed by atoms with E-state index < -0.39 is 5.41 Å². The van der Waals surface area contributed by atoms with E-state index in [1.54, 1.807) is 19.9 Å². The molecule has 18 heavy (non-hydrogen) atoms. The van der Waals surface area contributed by atoms with Crippen LogP contribution in [0.15, 0.2) is 18.2 Å². The monoisotopic (exact) mass is 242 g/mol. The van der Waals surface area contributed by atoms with Gasteiger partial charge in [-0.1, -0.05) is 0 Å². The average Bonchev–Trinajstić information content (AvgIpc) is 2.38. The van der Waals surface area contributed by atoms with Crippen LogP contribution in [0, 0.1) is 28.1 Å². The maximum Gasteiger partial charge on any atom is 0.231 e. The van der Waals surface area contributed by atoms with Gasteiger partial charge >= 0.3 is 0 Å². The number of benzene rings is 1. The predicted octanol–water partition coefficient (Wildman–Crippen LogP) is 1.35. The first kappa shape index (κ1) is 13.7. The summed E-state index contributed by atoms with van der Waals surface area (Å²) in [5.74, 6) is -0.224. The van der Waals surface area contributed by atoms with Crippen molar-refractivity contribution in [3.63, 3.8) is 0 Å². The second-order valence-electron chi connectivity index (χ2n) is 4.53. The van der Waals surface area contributed by atoms with E-state index in [1.807, 2.05) is 12.1 Å². The van der Waals surface area contributed by atoms with Crippen LogP contribution in [0.1, 0.15) is 25.0 Å². The zero-order valence-electron chi connectivity index (χ0n) is 10.3. The van der Waals surface area contributed by atoms with Gasteiger partial charge in [-0.3, -0.25) is 4.79 Å². The Hall–Kier alpha value is -2.37. The lowest BCUT2D eigenvalue weighted by Gasteiger charge is -2.21. The molecule has 1 rings (SSSR count). The van der Waals surface area contributed by atoms with Crippen LogP contribution in [-0.4, -0.2) is 12.5 Å². The highest BCUT2D eigenvalue weighted by Gasteiger charge is 2.25. The zero-order valence-corrected chi connectivity index (χ0v) is 10.3. The number of nitrogens with zero attached hydrogens (tertiary/aromatic N) is 2. The third-order valence-corrected chi connectivity index (χ3v) is 2.64. The van der Waals surface area contributed by atoms with Crippen molar-refractivity contribution in [2.75, 3.05) is 11.9 Å². The molecule has 0 aliphatic carbocycles. The Balaban J connectivity index is 2.98. The largest absolute Gasteiger partial charge is 0.329 e. The van der Waals surface area contributed by atoms with E-state index in [0.29, 0.717) is 5.69 Å². The Morgan fingerprint density at radius 1 is 1.33 bits per heavy atom. The molecule has 92 valence electrons. The molecule has 1 amide bonds. The number of amides is 1. The van der Waals surface area contributed by atoms with E-state index in [2.05, 4.69) is 5.32 Å². The molecule has 3 N–H and O–H groups in total. The molecule has 1 aromatic carbocycles. The average molecular weight is 242 g/mol. The fraction of sp³-hybridized carbons (Fsp3) is 0.308. The molecular weight excluding hydrogens is 228 g/mol. The van der Waals surface area contributed by atoms with Crippen molar-refractivity contribution in [3.05, 3.63) is 29.3 Å². The third kappa shape index (κ3) is 2.85. The summed E-state index contributed by atoms with van der Waals surface area (Å²) in [7, 11) is 0. The predicted molar refractivity (Wildman–Crippen MR) is 67.3 cm³/mol. The Morgan fingerprint density at radius 3 is 2.44 bits per heavy atom. The summed E-state index contributed by atoms with van der Waals surface area (Å²) in [5.41, 5.74) is 5.83. The number of rotatable bonds is 3. The lowest BCUT2D eigenvalue weighted by Crippen LogP contribution is -2.37. The highest BCUT2D eigenvalue weighted by Crippen LogP contribution is 2.19. The zero-order chi connectivity index (χ0) is 13.8. The lowest BCUT2D eigenvalue weighted by atomic mass is 9.92. The van der Waals surface area contributed by atoms with Gasteiger partial charge in [-0.05, 0) is 32.0 Å². The first-order chi connectivity index (χ1) is 8.44. The van der Waals surface area contributed by atoms with E-state index in [1.165, 1.54) is 12.1 Å². The number of nitriles is 2. The van der Waals surface area contributed by atoms with Crippen LogP contribution in [-0.2, 0) is 4.79 Å². The molecule has 5 heteroatoms. The number of carbonyl (C=O) groups is 1. The smallest absolute Gasteiger partial charge is 0.231 e. The Labute approximate surface area is 106 Å². The molecule has 0 fully saturated rings. The van der Waals surface area contributed by atoms with Crippen molar-refractivity contribution < 1.29 is 4.79 Å². The van der Waals surface area contributed by atoms with Crippen LogP contribution in [0.5, 0.6) is 0 Å². The van der Waals surface area contributed by atoms with E-state index in [-0.39, 0.29) is 23.6 Å².